The molecule has 0 bridgehead atoms. The van der Waals surface area contributed by atoms with Crippen molar-refractivity contribution in [1.82, 2.24) is 9.88 Å². The van der Waals surface area contributed by atoms with Crippen LogP contribution in [0.4, 0.5) is 0 Å². The number of rotatable bonds is 5. The van der Waals surface area contributed by atoms with Gasteiger partial charge in [-0.05, 0) is 31.4 Å². The summed E-state index contributed by atoms with van der Waals surface area (Å²) in [6, 6.07) is 3.37. The minimum atomic E-state index is -0.813. The van der Waals surface area contributed by atoms with Crippen molar-refractivity contribution < 1.29 is 14.7 Å². The minimum absolute atomic E-state index is 0.170. The number of carboxylic acids is 1. The molecule has 1 saturated carbocycles. The molecule has 0 spiro atoms. The van der Waals surface area contributed by atoms with Crippen LogP contribution in [0.1, 0.15) is 43.1 Å². The number of nitrogens with zero attached hydrogens (tertiary/aromatic N) is 1. The molecule has 0 radical (unpaired) electrons. The van der Waals surface area contributed by atoms with Crippen molar-refractivity contribution in [2.24, 2.45) is 5.92 Å². The van der Waals surface area contributed by atoms with Crippen LogP contribution in [-0.4, -0.2) is 27.6 Å². The molecule has 0 aromatic carbocycles. The maximum absolute atomic E-state index is 12.2. The van der Waals surface area contributed by atoms with Gasteiger partial charge in [-0.25, -0.2) is 0 Å². The van der Waals surface area contributed by atoms with Crippen LogP contribution in [0, 0.1) is 5.92 Å². The summed E-state index contributed by atoms with van der Waals surface area (Å²) in [6.45, 7) is 2.85. The zero-order valence-corrected chi connectivity index (χ0v) is 11.1. The Morgan fingerprint density at radius 2 is 2.26 bits per heavy atom. The second kappa shape index (κ2) is 5.91. The van der Waals surface area contributed by atoms with Crippen LogP contribution < -0.4 is 5.32 Å². The van der Waals surface area contributed by atoms with Crippen LogP contribution in [0.15, 0.2) is 18.3 Å². The maximum Gasteiger partial charge on any atom is 0.308 e. The van der Waals surface area contributed by atoms with Crippen LogP contribution in [-0.2, 0) is 11.3 Å². The molecule has 104 valence electrons. The summed E-state index contributed by atoms with van der Waals surface area (Å²) >= 11 is 0. The lowest BCUT2D eigenvalue weighted by atomic mass is 10.0. The van der Waals surface area contributed by atoms with E-state index in [1.165, 1.54) is 0 Å². The van der Waals surface area contributed by atoms with Gasteiger partial charge in [0.05, 0.1) is 5.92 Å². The number of amides is 1. The van der Waals surface area contributed by atoms with Gasteiger partial charge in [-0.15, -0.1) is 0 Å². The highest BCUT2D eigenvalue weighted by Gasteiger charge is 2.34. The van der Waals surface area contributed by atoms with Gasteiger partial charge in [0.25, 0.3) is 5.91 Å². The van der Waals surface area contributed by atoms with Gasteiger partial charge < -0.3 is 15.0 Å². The zero-order chi connectivity index (χ0) is 13.8. The molecular formula is C14H20N2O3. The first-order chi connectivity index (χ1) is 9.13. The summed E-state index contributed by atoms with van der Waals surface area (Å²) in [7, 11) is 0. The monoisotopic (exact) mass is 264 g/mol. The molecule has 2 rings (SSSR count). The average Bonchev–Trinajstić information content (AvgIpc) is 2.98. The van der Waals surface area contributed by atoms with Crippen molar-refractivity contribution in [2.75, 3.05) is 0 Å². The highest BCUT2D eigenvalue weighted by atomic mass is 16.4. The fraction of sp³-hybridized carbons (Fsp3) is 0.571. The lowest BCUT2D eigenvalue weighted by Crippen LogP contribution is -2.40. The van der Waals surface area contributed by atoms with Gasteiger partial charge in [0.1, 0.15) is 5.69 Å². The van der Waals surface area contributed by atoms with Gasteiger partial charge in [-0.2, -0.15) is 0 Å². The molecule has 1 fully saturated rings. The quantitative estimate of drug-likeness (QED) is 0.853. The van der Waals surface area contributed by atoms with Crippen molar-refractivity contribution >= 4 is 11.9 Å². The summed E-state index contributed by atoms with van der Waals surface area (Å²) < 4.78 is 1.90. The van der Waals surface area contributed by atoms with E-state index in [9.17, 15) is 9.59 Å². The SMILES string of the molecule is CCCn1cccc1C(=O)NC1CCCC1C(=O)O. The fourth-order valence-corrected chi connectivity index (χ4v) is 2.73. The van der Waals surface area contributed by atoms with Gasteiger partial charge in [-0.3, -0.25) is 9.59 Å². The van der Waals surface area contributed by atoms with Crippen molar-refractivity contribution in [3.8, 4) is 0 Å². The highest BCUT2D eigenvalue weighted by molar-refractivity contribution is 5.93. The average molecular weight is 264 g/mol. The third kappa shape index (κ3) is 2.97. The molecule has 1 aromatic rings. The Kier molecular flexibility index (Phi) is 4.24. The molecule has 1 aromatic heterocycles. The van der Waals surface area contributed by atoms with Crippen LogP contribution >= 0.6 is 0 Å². The smallest absolute Gasteiger partial charge is 0.308 e. The van der Waals surface area contributed by atoms with E-state index in [-0.39, 0.29) is 11.9 Å². The Morgan fingerprint density at radius 3 is 2.95 bits per heavy atom. The molecule has 0 aliphatic heterocycles. The van der Waals surface area contributed by atoms with E-state index in [4.69, 9.17) is 5.11 Å². The zero-order valence-electron chi connectivity index (χ0n) is 11.1. The molecule has 2 unspecified atom stereocenters. The number of carbonyl (C=O) groups excluding carboxylic acids is 1. The third-order valence-electron chi connectivity index (χ3n) is 3.68. The second-order valence-corrected chi connectivity index (χ2v) is 5.04. The molecular weight excluding hydrogens is 244 g/mol. The summed E-state index contributed by atoms with van der Waals surface area (Å²) in [6.07, 6.45) is 5.09. The number of aromatic nitrogens is 1. The first kappa shape index (κ1) is 13.6. The number of aliphatic carboxylic acids is 1. The second-order valence-electron chi connectivity index (χ2n) is 5.04. The van der Waals surface area contributed by atoms with Crippen molar-refractivity contribution in [1.29, 1.82) is 0 Å². The first-order valence-electron chi connectivity index (χ1n) is 6.82. The molecule has 2 N–H and O–H groups in total. The first-order valence-corrected chi connectivity index (χ1v) is 6.82. The number of carboxylic acid groups (broad SMARTS) is 1. The van der Waals surface area contributed by atoms with E-state index in [1.54, 1.807) is 6.07 Å². The summed E-state index contributed by atoms with van der Waals surface area (Å²) in [5.74, 6) is -1.43. The Labute approximate surface area is 112 Å². The molecule has 1 aliphatic rings. The summed E-state index contributed by atoms with van der Waals surface area (Å²) in [4.78, 5) is 23.3. The topological polar surface area (TPSA) is 71.3 Å². The molecule has 19 heavy (non-hydrogen) atoms. The molecule has 5 nitrogen and oxygen atoms in total. The molecule has 5 heteroatoms. The highest BCUT2D eigenvalue weighted by Crippen LogP contribution is 2.26. The van der Waals surface area contributed by atoms with Crippen molar-refractivity contribution in [3.05, 3.63) is 24.0 Å². The lowest BCUT2D eigenvalue weighted by molar-refractivity contribution is -0.142. The van der Waals surface area contributed by atoms with Gasteiger partial charge in [0, 0.05) is 18.8 Å². The summed E-state index contributed by atoms with van der Waals surface area (Å²) in [5.41, 5.74) is 0.609. The molecule has 1 heterocycles. The van der Waals surface area contributed by atoms with Gasteiger partial charge in [0.2, 0.25) is 0 Å². The van der Waals surface area contributed by atoms with Crippen molar-refractivity contribution in [2.45, 2.75) is 45.2 Å². The Hall–Kier alpha value is -1.78. The molecule has 1 amide bonds. The van der Waals surface area contributed by atoms with Gasteiger partial charge in [0.15, 0.2) is 0 Å². The Morgan fingerprint density at radius 1 is 1.47 bits per heavy atom. The van der Waals surface area contributed by atoms with E-state index in [2.05, 4.69) is 12.2 Å². The number of hydrogen-bond acceptors (Lipinski definition) is 2. The van der Waals surface area contributed by atoms with Crippen LogP contribution in [0.25, 0.3) is 0 Å². The van der Waals surface area contributed by atoms with E-state index in [0.29, 0.717) is 12.1 Å². The van der Waals surface area contributed by atoms with Crippen molar-refractivity contribution in [3.63, 3.8) is 0 Å². The predicted molar refractivity (Wildman–Crippen MR) is 71.0 cm³/mol. The normalized spacial score (nSPS) is 22.4. The van der Waals surface area contributed by atoms with E-state index in [1.807, 2.05) is 16.8 Å². The van der Waals surface area contributed by atoms with E-state index >= 15 is 0 Å². The number of aryl methyl sites for hydroxylation is 1. The Bertz CT molecular complexity index is 467. The number of carbonyl (C=O) groups is 2. The number of hydrogen-bond donors (Lipinski definition) is 2. The van der Waals surface area contributed by atoms with Crippen LogP contribution in [0.3, 0.4) is 0 Å². The van der Waals surface area contributed by atoms with E-state index < -0.39 is 11.9 Å². The molecule has 0 saturated heterocycles. The van der Waals surface area contributed by atoms with Gasteiger partial charge in [-0.1, -0.05) is 13.3 Å². The maximum atomic E-state index is 12.2. The van der Waals surface area contributed by atoms with Crippen LogP contribution in [0.2, 0.25) is 0 Å². The largest absolute Gasteiger partial charge is 0.481 e. The molecule has 2 atom stereocenters. The standard InChI is InChI=1S/C14H20N2O3/c1-2-8-16-9-4-7-12(16)13(17)15-11-6-3-5-10(11)14(18)19/h4,7,9-11H,2-3,5-6,8H2,1H3,(H,15,17)(H,18,19). The molecule has 1 aliphatic carbocycles. The Balaban J connectivity index is 2.04. The number of nitrogens with one attached hydrogen (secondary N) is 1. The van der Waals surface area contributed by atoms with E-state index in [0.717, 1.165) is 25.8 Å². The lowest BCUT2D eigenvalue weighted by Gasteiger charge is -2.18. The summed E-state index contributed by atoms with van der Waals surface area (Å²) in [5, 5.41) is 12.0. The van der Waals surface area contributed by atoms with Crippen LogP contribution in [0.5, 0.6) is 0 Å². The van der Waals surface area contributed by atoms with Gasteiger partial charge >= 0.3 is 5.97 Å². The predicted octanol–water partition coefficient (Wildman–Crippen LogP) is 1.88. The fourth-order valence-electron chi connectivity index (χ4n) is 2.73. The minimum Gasteiger partial charge on any atom is -0.481 e. The third-order valence-corrected chi connectivity index (χ3v) is 3.68.